The first kappa shape index (κ1) is 26.0. The van der Waals surface area contributed by atoms with Crippen LogP contribution in [0.15, 0.2) is 97.6 Å². The van der Waals surface area contributed by atoms with Gasteiger partial charge in [-0.3, -0.25) is 4.99 Å². The zero-order chi connectivity index (χ0) is 30.1. The van der Waals surface area contributed by atoms with Crippen LogP contribution in [0.4, 0.5) is 5.69 Å². The Bertz CT molecular complexity index is 2440. The van der Waals surface area contributed by atoms with E-state index in [2.05, 4.69) is 55.5 Å². The Morgan fingerprint density at radius 3 is 1.98 bits per heavy atom. The predicted molar refractivity (Wildman–Crippen MR) is 150 cm³/mol. The van der Waals surface area contributed by atoms with Gasteiger partial charge < -0.3 is 0 Å². The molecule has 0 fully saturated rings. The predicted octanol–water partition coefficient (Wildman–Crippen LogP) is 3.52. The van der Waals surface area contributed by atoms with Crippen molar-refractivity contribution >= 4 is 5.69 Å². The Kier molecular flexibility index (Phi) is 6.31. The summed E-state index contributed by atoms with van der Waals surface area (Å²) in [4.78, 5) is 41.7. The first-order chi connectivity index (χ1) is 21.0. The lowest BCUT2D eigenvalue weighted by atomic mass is 10.1. The molecule has 43 heavy (non-hydrogen) atoms. The Hall–Kier alpha value is -7.20. The highest BCUT2D eigenvalue weighted by atomic mass is 15.1. The van der Waals surface area contributed by atoms with E-state index in [1.165, 1.54) is 0 Å². The minimum atomic E-state index is -0.291. The molecule has 1 aromatic heterocycles. The standard InChI is InChI=1S/C31H12N12/c1-16(34-2)27-37-22-13-11-19(25(36-4)26(22)40-27)30-42-28(17-8-6-5-7-9-17)41-29(43-30)18-10-12-21-24(20(18)14-32)39-31(38-21)23(15-33)35-3/h5-13H,1H3/b27-16-,31-23+. The van der Waals surface area contributed by atoms with Gasteiger partial charge in [-0.15, -0.1) is 0 Å². The van der Waals surface area contributed by atoms with Crippen LogP contribution in [-0.4, -0.2) is 15.0 Å². The number of fused-ring (bicyclic) bond motifs is 2. The van der Waals surface area contributed by atoms with Crippen LogP contribution in [0.25, 0.3) is 48.7 Å². The average Bonchev–Trinajstić information content (AvgIpc) is 3.69. The van der Waals surface area contributed by atoms with Crippen LogP contribution < -0.4 is 21.4 Å². The van der Waals surface area contributed by atoms with Crippen molar-refractivity contribution in [3.05, 3.63) is 139 Å². The quantitative estimate of drug-likeness (QED) is 0.282. The molecule has 2 aliphatic rings. The number of rotatable bonds is 3. The highest BCUT2D eigenvalue weighted by Gasteiger charge is 2.22. The zero-order valence-corrected chi connectivity index (χ0v) is 22.1. The third-order valence-corrected chi connectivity index (χ3v) is 6.47. The van der Waals surface area contributed by atoms with Crippen molar-refractivity contribution in [3.8, 4) is 46.3 Å². The van der Waals surface area contributed by atoms with Crippen molar-refractivity contribution < 1.29 is 0 Å². The minimum Gasteiger partial charge on any atom is -0.251 e. The van der Waals surface area contributed by atoms with Gasteiger partial charge in [0.2, 0.25) is 11.4 Å². The molecule has 0 spiro atoms. The lowest BCUT2D eigenvalue weighted by Gasteiger charge is -2.10. The van der Waals surface area contributed by atoms with Gasteiger partial charge in [0.15, 0.2) is 29.1 Å². The molecule has 2 aliphatic heterocycles. The summed E-state index contributed by atoms with van der Waals surface area (Å²) < 4.78 is 0. The molecule has 12 heteroatoms. The van der Waals surface area contributed by atoms with Gasteiger partial charge >= 0.3 is 5.70 Å². The number of aromatic nitrogens is 3. The van der Waals surface area contributed by atoms with Gasteiger partial charge in [0.05, 0.1) is 47.4 Å². The fourth-order valence-electron chi connectivity index (χ4n) is 4.41. The van der Waals surface area contributed by atoms with Gasteiger partial charge in [0, 0.05) is 16.7 Å². The van der Waals surface area contributed by atoms with Gasteiger partial charge in [-0.05, 0) is 25.1 Å². The summed E-state index contributed by atoms with van der Waals surface area (Å²) in [5.41, 5.74) is 1.65. The lowest BCUT2D eigenvalue weighted by Crippen LogP contribution is -2.25. The molecule has 3 aromatic carbocycles. The van der Waals surface area contributed by atoms with Crippen molar-refractivity contribution in [2.45, 2.75) is 6.92 Å². The molecule has 0 bridgehead atoms. The van der Waals surface area contributed by atoms with Crippen molar-refractivity contribution in [2.75, 3.05) is 0 Å². The molecule has 0 saturated heterocycles. The van der Waals surface area contributed by atoms with Gasteiger partial charge in [-0.2, -0.15) is 5.26 Å². The molecule has 196 valence electrons. The van der Waals surface area contributed by atoms with Crippen molar-refractivity contribution in [1.82, 2.24) is 15.0 Å². The summed E-state index contributed by atoms with van der Waals surface area (Å²) in [6.07, 6.45) is 0. The second-order valence-corrected chi connectivity index (χ2v) is 8.95. The van der Waals surface area contributed by atoms with E-state index in [9.17, 15) is 10.5 Å². The summed E-state index contributed by atoms with van der Waals surface area (Å²) in [6.45, 7) is 24.1. The van der Waals surface area contributed by atoms with Crippen LogP contribution in [0, 0.1) is 42.4 Å². The van der Waals surface area contributed by atoms with Crippen LogP contribution in [0.2, 0.25) is 0 Å². The molecule has 0 unspecified atom stereocenters. The SMILES string of the molecule is [C-]#[N+]/C(C)=C1/N=c2ccc(-c3nc(-c4ccccc4)nc(-c4ccc5c(c4C#N)=N/C(=C(\C#N)[N+]#[C-])N=5)n3)c([N+]#[C-])c2=N1. The van der Waals surface area contributed by atoms with Crippen LogP contribution in [0.5, 0.6) is 0 Å². The monoisotopic (exact) mass is 552 g/mol. The summed E-state index contributed by atoms with van der Waals surface area (Å²) in [7, 11) is 0. The number of allylic oxidation sites excluding steroid dienone is 2. The third kappa shape index (κ3) is 4.35. The maximum absolute atomic E-state index is 10.2. The summed E-state index contributed by atoms with van der Waals surface area (Å²) in [5, 5.41) is 20.8. The molecule has 0 N–H and O–H groups in total. The zero-order valence-electron chi connectivity index (χ0n) is 22.1. The Morgan fingerprint density at radius 2 is 1.33 bits per heavy atom. The molecule has 4 aromatic rings. The summed E-state index contributed by atoms with van der Waals surface area (Å²) in [5.74, 6) is 0.779. The molecule has 0 radical (unpaired) electrons. The van der Waals surface area contributed by atoms with Crippen molar-refractivity contribution in [1.29, 1.82) is 10.5 Å². The number of hydrogen-bond donors (Lipinski definition) is 0. The number of benzene rings is 3. The van der Waals surface area contributed by atoms with E-state index in [1.54, 1.807) is 37.3 Å². The topological polar surface area (TPSA) is 149 Å². The summed E-state index contributed by atoms with van der Waals surface area (Å²) in [6, 6.07) is 19.7. The highest BCUT2D eigenvalue weighted by Crippen LogP contribution is 2.29. The van der Waals surface area contributed by atoms with Gasteiger partial charge in [0.25, 0.3) is 0 Å². The smallest absolute Gasteiger partial charge is 0.251 e. The minimum absolute atomic E-state index is 0.0710. The lowest BCUT2D eigenvalue weighted by molar-refractivity contribution is 1.07. The van der Waals surface area contributed by atoms with Crippen LogP contribution in [0.3, 0.4) is 0 Å². The summed E-state index contributed by atoms with van der Waals surface area (Å²) >= 11 is 0. The maximum atomic E-state index is 10.2. The van der Waals surface area contributed by atoms with E-state index in [-0.39, 0.29) is 45.6 Å². The third-order valence-electron chi connectivity index (χ3n) is 6.47. The van der Waals surface area contributed by atoms with E-state index < -0.39 is 0 Å². The Morgan fingerprint density at radius 1 is 0.698 bits per heavy atom. The van der Waals surface area contributed by atoms with E-state index in [4.69, 9.17) is 19.7 Å². The molecule has 0 aliphatic carbocycles. The van der Waals surface area contributed by atoms with E-state index in [0.29, 0.717) is 44.3 Å². The normalized spacial score (nSPS) is 14.4. The highest BCUT2D eigenvalue weighted by molar-refractivity contribution is 5.77. The van der Waals surface area contributed by atoms with E-state index in [0.717, 1.165) is 0 Å². The fourth-order valence-corrected chi connectivity index (χ4v) is 4.41. The second-order valence-electron chi connectivity index (χ2n) is 8.95. The molecule has 0 amide bonds. The first-order valence-electron chi connectivity index (χ1n) is 12.4. The van der Waals surface area contributed by atoms with Gasteiger partial charge in [-0.1, -0.05) is 36.4 Å². The van der Waals surface area contributed by atoms with E-state index in [1.807, 2.05) is 30.3 Å². The van der Waals surface area contributed by atoms with Crippen molar-refractivity contribution in [2.24, 2.45) is 20.0 Å². The maximum Gasteiger partial charge on any atom is 0.305 e. The Labute approximate surface area is 243 Å². The van der Waals surface area contributed by atoms with Crippen LogP contribution in [0.1, 0.15) is 12.5 Å². The number of nitriles is 2. The Balaban J connectivity index is 1.64. The van der Waals surface area contributed by atoms with Gasteiger partial charge in [0.1, 0.15) is 11.4 Å². The molecular weight excluding hydrogens is 540 g/mol. The molecule has 3 heterocycles. The second kappa shape index (κ2) is 10.4. The first-order valence-corrected chi connectivity index (χ1v) is 12.4. The molecular formula is C31H12N12. The molecule has 12 nitrogen and oxygen atoms in total. The van der Waals surface area contributed by atoms with Gasteiger partial charge in [-0.25, -0.2) is 49.7 Å². The largest absolute Gasteiger partial charge is 0.305 e. The number of hydrogen-bond acceptors (Lipinski definition) is 9. The molecule has 0 atom stereocenters. The molecule has 6 rings (SSSR count). The fraction of sp³-hybridized carbons (Fsp3) is 0.0323. The van der Waals surface area contributed by atoms with E-state index >= 15 is 0 Å². The van der Waals surface area contributed by atoms with Crippen LogP contribution in [-0.2, 0) is 0 Å². The molecule has 0 saturated carbocycles. The van der Waals surface area contributed by atoms with Crippen molar-refractivity contribution in [3.63, 3.8) is 0 Å². The van der Waals surface area contributed by atoms with Crippen LogP contribution >= 0.6 is 0 Å². The number of nitrogens with zero attached hydrogens (tertiary/aromatic N) is 12. The average molecular weight is 553 g/mol.